The van der Waals surface area contributed by atoms with Crippen molar-refractivity contribution in [2.24, 2.45) is 11.3 Å². The molecule has 0 spiro atoms. The molecular weight excluding hydrogens is 196 g/mol. The van der Waals surface area contributed by atoms with Crippen LogP contribution < -0.4 is 0 Å². The van der Waals surface area contributed by atoms with Gasteiger partial charge in [-0.05, 0) is 0 Å². The molecule has 0 bridgehead atoms. The molecule has 2 aliphatic rings. The van der Waals surface area contributed by atoms with Crippen molar-refractivity contribution in [2.75, 3.05) is 24.7 Å². The highest BCUT2D eigenvalue weighted by atomic mass is 32.2. The van der Waals surface area contributed by atoms with Crippen molar-refractivity contribution >= 4 is 15.8 Å². The third kappa shape index (κ3) is 1.16. The number of cyclic esters (lactones) is 1. The maximum atomic E-state index is 11.2. The molecule has 2 fully saturated rings. The predicted molar refractivity (Wildman–Crippen MR) is 42.6 cm³/mol. The van der Waals surface area contributed by atoms with Gasteiger partial charge in [0.15, 0.2) is 9.84 Å². The van der Waals surface area contributed by atoms with Gasteiger partial charge in [0.1, 0.15) is 6.61 Å². The zero-order valence-electron chi connectivity index (χ0n) is 6.89. The Morgan fingerprint density at radius 2 is 2.31 bits per heavy atom. The van der Waals surface area contributed by atoms with Gasteiger partial charge in [-0.1, -0.05) is 0 Å². The van der Waals surface area contributed by atoms with Gasteiger partial charge in [0.25, 0.3) is 0 Å². The molecule has 2 unspecified atom stereocenters. The maximum Gasteiger partial charge on any atom is 0.310 e. The van der Waals surface area contributed by atoms with Crippen molar-refractivity contribution < 1.29 is 23.1 Å². The van der Waals surface area contributed by atoms with Gasteiger partial charge < -0.3 is 9.84 Å². The number of sulfone groups is 1. The van der Waals surface area contributed by atoms with Crippen LogP contribution in [0.5, 0.6) is 0 Å². The van der Waals surface area contributed by atoms with Crippen molar-refractivity contribution in [3.63, 3.8) is 0 Å². The quantitative estimate of drug-likeness (QED) is 0.532. The van der Waals surface area contributed by atoms with Crippen LogP contribution in [0, 0.1) is 11.3 Å². The standard InChI is InChI=1S/C7H10O5S/c8-2-7-3-12-6(9)5(7)1-13(10,11)4-7/h5,8H,1-4H2. The summed E-state index contributed by atoms with van der Waals surface area (Å²) in [4.78, 5) is 11.1. The molecule has 0 saturated carbocycles. The minimum atomic E-state index is -3.17. The largest absolute Gasteiger partial charge is 0.465 e. The van der Waals surface area contributed by atoms with Crippen LogP contribution in [0.2, 0.25) is 0 Å². The molecule has 0 radical (unpaired) electrons. The van der Waals surface area contributed by atoms with Crippen LogP contribution >= 0.6 is 0 Å². The summed E-state index contributed by atoms with van der Waals surface area (Å²) in [7, 11) is -3.17. The van der Waals surface area contributed by atoms with Crippen molar-refractivity contribution in [2.45, 2.75) is 0 Å². The topological polar surface area (TPSA) is 80.7 Å². The van der Waals surface area contributed by atoms with E-state index in [2.05, 4.69) is 0 Å². The number of carbonyl (C=O) groups is 1. The van der Waals surface area contributed by atoms with E-state index in [1.807, 2.05) is 0 Å². The average molecular weight is 206 g/mol. The predicted octanol–water partition coefficient (Wildman–Crippen LogP) is -1.43. The van der Waals surface area contributed by atoms with E-state index >= 15 is 0 Å². The fourth-order valence-corrected chi connectivity index (χ4v) is 4.37. The number of ether oxygens (including phenoxy) is 1. The molecule has 1 N–H and O–H groups in total. The zero-order valence-corrected chi connectivity index (χ0v) is 7.71. The number of aliphatic hydroxyl groups is 1. The van der Waals surface area contributed by atoms with Gasteiger partial charge in [-0.25, -0.2) is 8.42 Å². The smallest absolute Gasteiger partial charge is 0.310 e. The van der Waals surface area contributed by atoms with Gasteiger partial charge in [0.2, 0.25) is 0 Å². The molecule has 74 valence electrons. The van der Waals surface area contributed by atoms with E-state index in [-0.39, 0.29) is 24.7 Å². The fourth-order valence-electron chi connectivity index (χ4n) is 2.01. The van der Waals surface area contributed by atoms with Crippen LogP contribution in [-0.2, 0) is 19.4 Å². The number of aliphatic hydroxyl groups excluding tert-OH is 1. The fraction of sp³-hybridized carbons (Fsp3) is 0.857. The normalized spacial score (nSPS) is 41.6. The SMILES string of the molecule is O=C1OCC2(CO)CS(=O)(=O)CC12. The van der Waals surface area contributed by atoms with Crippen LogP contribution in [0.3, 0.4) is 0 Å². The lowest BCUT2D eigenvalue weighted by molar-refractivity contribution is -0.140. The maximum absolute atomic E-state index is 11.2. The van der Waals surface area contributed by atoms with Crippen LogP contribution in [0.15, 0.2) is 0 Å². The Labute approximate surface area is 75.6 Å². The Bertz CT molecular complexity index is 346. The van der Waals surface area contributed by atoms with Crippen molar-refractivity contribution in [1.29, 1.82) is 0 Å². The average Bonchev–Trinajstić information content (AvgIpc) is 2.47. The first kappa shape index (κ1) is 8.96. The number of rotatable bonds is 1. The van der Waals surface area contributed by atoms with Gasteiger partial charge >= 0.3 is 5.97 Å². The Balaban J connectivity index is 2.40. The van der Waals surface area contributed by atoms with Crippen LogP contribution in [0.1, 0.15) is 0 Å². The lowest BCUT2D eigenvalue weighted by Gasteiger charge is -2.19. The van der Waals surface area contributed by atoms with E-state index in [1.165, 1.54) is 0 Å². The summed E-state index contributed by atoms with van der Waals surface area (Å²) in [6, 6.07) is 0. The van der Waals surface area contributed by atoms with Crippen molar-refractivity contribution in [3.8, 4) is 0 Å². The first-order valence-corrected chi connectivity index (χ1v) is 5.79. The number of esters is 1. The molecule has 0 aromatic heterocycles. The van der Waals surface area contributed by atoms with E-state index < -0.39 is 27.1 Å². The molecule has 0 aromatic rings. The van der Waals surface area contributed by atoms with Gasteiger partial charge in [0.05, 0.1) is 29.4 Å². The van der Waals surface area contributed by atoms with Gasteiger partial charge in [-0.2, -0.15) is 0 Å². The second-order valence-corrected chi connectivity index (χ2v) is 5.84. The van der Waals surface area contributed by atoms with Crippen LogP contribution in [-0.4, -0.2) is 44.2 Å². The highest BCUT2D eigenvalue weighted by Gasteiger charge is 2.58. The van der Waals surface area contributed by atoms with Crippen molar-refractivity contribution in [3.05, 3.63) is 0 Å². The Hall–Kier alpha value is -0.620. The molecule has 2 saturated heterocycles. The highest BCUT2D eigenvalue weighted by Crippen LogP contribution is 2.42. The van der Waals surface area contributed by atoms with Gasteiger partial charge in [0, 0.05) is 0 Å². The number of fused-ring (bicyclic) bond motifs is 1. The lowest BCUT2D eigenvalue weighted by Crippen LogP contribution is -2.33. The Morgan fingerprint density at radius 3 is 2.85 bits per heavy atom. The molecule has 5 nitrogen and oxygen atoms in total. The molecule has 2 aliphatic heterocycles. The highest BCUT2D eigenvalue weighted by molar-refractivity contribution is 7.91. The number of hydrogen-bond acceptors (Lipinski definition) is 5. The molecule has 0 amide bonds. The monoisotopic (exact) mass is 206 g/mol. The summed E-state index contributed by atoms with van der Waals surface area (Å²) in [5.41, 5.74) is -0.851. The third-order valence-corrected chi connectivity index (χ3v) is 4.62. The van der Waals surface area contributed by atoms with Gasteiger partial charge in [-0.3, -0.25) is 4.79 Å². The molecule has 6 heteroatoms. The summed E-state index contributed by atoms with van der Waals surface area (Å²) in [5, 5.41) is 9.08. The number of hydrogen-bond donors (Lipinski definition) is 1. The zero-order chi connectivity index (χ0) is 9.69. The Morgan fingerprint density at radius 1 is 1.62 bits per heavy atom. The molecule has 0 aromatic carbocycles. The minimum Gasteiger partial charge on any atom is -0.465 e. The molecule has 2 heterocycles. The van der Waals surface area contributed by atoms with E-state index in [0.29, 0.717) is 0 Å². The van der Waals surface area contributed by atoms with Crippen LogP contribution in [0.4, 0.5) is 0 Å². The number of carbonyl (C=O) groups excluding carboxylic acids is 1. The summed E-state index contributed by atoms with van der Waals surface area (Å²) >= 11 is 0. The van der Waals surface area contributed by atoms with Gasteiger partial charge in [-0.15, -0.1) is 0 Å². The second-order valence-electron chi connectivity index (χ2n) is 3.74. The summed E-state index contributed by atoms with van der Waals surface area (Å²) in [5.74, 6) is -1.45. The molecule has 2 rings (SSSR count). The lowest BCUT2D eigenvalue weighted by atomic mass is 9.82. The van der Waals surface area contributed by atoms with Crippen molar-refractivity contribution in [1.82, 2.24) is 0 Å². The molecule has 2 atom stereocenters. The van der Waals surface area contributed by atoms with E-state index in [9.17, 15) is 13.2 Å². The molecule has 0 aliphatic carbocycles. The van der Waals surface area contributed by atoms with E-state index in [0.717, 1.165) is 0 Å². The second kappa shape index (κ2) is 2.45. The first-order chi connectivity index (χ1) is 5.99. The van der Waals surface area contributed by atoms with E-state index in [1.54, 1.807) is 0 Å². The summed E-state index contributed by atoms with van der Waals surface area (Å²) < 4.78 is 27.2. The van der Waals surface area contributed by atoms with Crippen LogP contribution in [0.25, 0.3) is 0 Å². The minimum absolute atomic E-state index is 0.0340. The molecular formula is C7H10O5S. The third-order valence-electron chi connectivity index (χ3n) is 2.77. The first-order valence-electron chi connectivity index (χ1n) is 3.97. The summed E-state index contributed by atoms with van der Waals surface area (Å²) in [6.45, 7) is -0.269. The van der Waals surface area contributed by atoms with E-state index in [4.69, 9.17) is 9.84 Å². The Kier molecular flexibility index (Phi) is 1.69. The summed E-state index contributed by atoms with van der Waals surface area (Å²) in [6.07, 6.45) is 0. The molecule has 13 heavy (non-hydrogen) atoms.